The van der Waals surface area contributed by atoms with E-state index in [9.17, 15) is 4.79 Å². The molecule has 1 aliphatic rings. The molecule has 0 aliphatic heterocycles. The van der Waals surface area contributed by atoms with Crippen molar-refractivity contribution in [2.45, 2.75) is 19.9 Å². The zero-order chi connectivity index (χ0) is 14.8. The third-order valence-electron chi connectivity index (χ3n) is 3.97. The summed E-state index contributed by atoms with van der Waals surface area (Å²) in [6.45, 7) is 2.78. The fraction of sp³-hybridized carbons (Fsp3) is 0.353. The monoisotopic (exact) mass is 301 g/mol. The van der Waals surface area contributed by atoms with E-state index in [1.165, 1.54) is 4.88 Å². The topological polar surface area (TPSA) is 29.5 Å². The molecule has 1 amide bonds. The molecule has 110 valence electrons. The molecule has 3 nitrogen and oxygen atoms in total. The summed E-state index contributed by atoms with van der Waals surface area (Å²) >= 11 is 1.69. The highest BCUT2D eigenvalue weighted by molar-refractivity contribution is 7.09. The van der Waals surface area contributed by atoms with E-state index in [0.29, 0.717) is 12.5 Å². The Kier molecular flexibility index (Phi) is 3.97. The Bertz CT molecular complexity index is 606. The van der Waals surface area contributed by atoms with Crippen LogP contribution in [0.2, 0.25) is 0 Å². The number of hydrogen-bond acceptors (Lipinski definition) is 3. The molecule has 0 N–H and O–H groups in total. The molecule has 2 atom stereocenters. The number of benzene rings is 1. The number of amides is 1. The second-order valence-electron chi connectivity index (χ2n) is 5.52. The fourth-order valence-corrected chi connectivity index (χ4v) is 3.18. The van der Waals surface area contributed by atoms with Crippen LogP contribution in [0.4, 0.5) is 5.69 Å². The SMILES string of the molecule is COc1ccc(N(Cc2cccs2)C(=O)C2CC2C)cc1. The lowest BCUT2D eigenvalue weighted by Crippen LogP contribution is -2.31. The standard InChI is InChI=1S/C17H19NO2S/c1-12-10-16(12)17(19)18(11-15-4-3-9-21-15)13-5-7-14(20-2)8-6-13/h3-9,12,16H,10-11H2,1-2H3. The molecule has 1 fully saturated rings. The Morgan fingerprint density at radius 1 is 1.33 bits per heavy atom. The molecular formula is C17H19NO2S. The minimum absolute atomic E-state index is 0.187. The smallest absolute Gasteiger partial charge is 0.230 e. The van der Waals surface area contributed by atoms with E-state index < -0.39 is 0 Å². The number of anilines is 1. The maximum atomic E-state index is 12.7. The van der Waals surface area contributed by atoms with Gasteiger partial charge in [0.1, 0.15) is 5.75 Å². The first-order valence-corrected chi connectivity index (χ1v) is 8.05. The second kappa shape index (κ2) is 5.90. The lowest BCUT2D eigenvalue weighted by atomic mass is 10.2. The van der Waals surface area contributed by atoms with Gasteiger partial charge in [0.15, 0.2) is 0 Å². The van der Waals surface area contributed by atoms with E-state index in [-0.39, 0.29) is 11.8 Å². The van der Waals surface area contributed by atoms with E-state index in [1.807, 2.05) is 40.6 Å². The molecule has 2 aromatic rings. The van der Waals surface area contributed by atoms with Crippen LogP contribution in [0, 0.1) is 11.8 Å². The van der Waals surface area contributed by atoms with Crippen molar-refractivity contribution in [1.82, 2.24) is 0 Å². The van der Waals surface area contributed by atoms with Crippen LogP contribution < -0.4 is 9.64 Å². The molecule has 0 radical (unpaired) electrons. The number of methoxy groups -OCH3 is 1. The predicted octanol–water partition coefficient (Wildman–Crippen LogP) is 3.95. The maximum absolute atomic E-state index is 12.7. The summed E-state index contributed by atoms with van der Waals surface area (Å²) in [7, 11) is 1.65. The quantitative estimate of drug-likeness (QED) is 0.837. The van der Waals surface area contributed by atoms with Crippen molar-refractivity contribution in [2.24, 2.45) is 11.8 Å². The van der Waals surface area contributed by atoms with Crippen LogP contribution in [-0.2, 0) is 11.3 Å². The lowest BCUT2D eigenvalue weighted by molar-refractivity contribution is -0.120. The molecular weight excluding hydrogens is 282 g/mol. The van der Waals surface area contributed by atoms with Crippen LogP contribution >= 0.6 is 11.3 Å². The Labute approximate surface area is 129 Å². The predicted molar refractivity (Wildman–Crippen MR) is 85.8 cm³/mol. The molecule has 0 saturated heterocycles. The molecule has 2 unspecified atom stereocenters. The van der Waals surface area contributed by atoms with Gasteiger partial charge in [-0.3, -0.25) is 4.79 Å². The van der Waals surface area contributed by atoms with Crippen molar-refractivity contribution >= 4 is 22.9 Å². The Morgan fingerprint density at radius 3 is 2.57 bits per heavy atom. The van der Waals surface area contributed by atoms with Gasteiger partial charge in [-0.05, 0) is 48.1 Å². The maximum Gasteiger partial charge on any atom is 0.230 e. The summed E-state index contributed by atoms with van der Waals surface area (Å²) in [6.07, 6.45) is 1.01. The van der Waals surface area contributed by atoms with Crippen molar-refractivity contribution in [3.63, 3.8) is 0 Å². The van der Waals surface area contributed by atoms with E-state index in [0.717, 1.165) is 17.9 Å². The molecule has 0 spiro atoms. The molecule has 1 aliphatic carbocycles. The number of carbonyl (C=O) groups is 1. The zero-order valence-corrected chi connectivity index (χ0v) is 13.1. The van der Waals surface area contributed by atoms with E-state index in [2.05, 4.69) is 13.0 Å². The Hall–Kier alpha value is -1.81. The molecule has 4 heteroatoms. The van der Waals surface area contributed by atoms with Crippen molar-refractivity contribution in [3.05, 3.63) is 46.7 Å². The summed E-state index contributed by atoms with van der Waals surface area (Å²) in [5, 5.41) is 2.05. The molecule has 0 bridgehead atoms. The van der Waals surface area contributed by atoms with Crippen LogP contribution in [0.3, 0.4) is 0 Å². The first-order valence-electron chi connectivity index (χ1n) is 7.17. The summed E-state index contributed by atoms with van der Waals surface area (Å²) in [5.74, 6) is 1.75. The van der Waals surface area contributed by atoms with Gasteiger partial charge in [-0.1, -0.05) is 13.0 Å². The average Bonchev–Trinajstić information content (AvgIpc) is 3.02. The van der Waals surface area contributed by atoms with Crippen LogP contribution in [0.5, 0.6) is 5.75 Å². The molecule has 21 heavy (non-hydrogen) atoms. The third kappa shape index (κ3) is 3.10. The summed E-state index contributed by atoms with van der Waals surface area (Å²) in [6, 6.07) is 11.8. The Balaban J connectivity index is 1.85. The molecule has 1 aromatic carbocycles. The van der Waals surface area contributed by atoms with Crippen LogP contribution in [0.15, 0.2) is 41.8 Å². The number of nitrogens with zero attached hydrogens (tertiary/aromatic N) is 1. The first-order chi connectivity index (χ1) is 10.2. The summed E-state index contributed by atoms with van der Waals surface area (Å²) < 4.78 is 5.19. The first kappa shape index (κ1) is 14.1. The van der Waals surface area contributed by atoms with E-state index in [1.54, 1.807) is 18.4 Å². The summed E-state index contributed by atoms with van der Waals surface area (Å²) in [4.78, 5) is 15.8. The van der Waals surface area contributed by atoms with Crippen LogP contribution in [-0.4, -0.2) is 13.0 Å². The average molecular weight is 301 g/mol. The highest BCUT2D eigenvalue weighted by Gasteiger charge is 2.41. The van der Waals surface area contributed by atoms with Crippen LogP contribution in [0.1, 0.15) is 18.2 Å². The van der Waals surface area contributed by atoms with Gasteiger partial charge in [0.25, 0.3) is 0 Å². The normalized spacial score (nSPS) is 20.1. The van der Waals surface area contributed by atoms with Crippen LogP contribution in [0.25, 0.3) is 0 Å². The Morgan fingerprint density at radius 2 is 2.05 bits per heavy atom. The van der Waals surface area contributed by atoms with Crippen molar-refractivity contribution in [2.75, 3.05) is 12.0 Å². The number of ether oxygens (including phenoxy) is 1. The van der Waals surface area contributed by atoms with Gasteiger partial charge in [0.2, 0.25) is 5.91 Å². The molecule has 3 rings (SSSR count). The highest BCUT2D eigenvalue weighted by Crippen LogP contribution is 2.40. The number of hydrogen-bond donors (Lipinski definition) is 0. The molecule has 1 heterocycles. The van der Waals surface area contributed by atoms with Gasteiger partial charge in [-0.2, -0.15) is 0 Å². The zero-order valence-electron chi connectivity index (χ0n) is 12.3. The van der Waals surface area contributed by atoms with Gasteiger partial charge < -0.3 is 9.64 Å². The van der Waals surface area contributed by atoms with Crippen molar-refractivity contribution in [3.8, 4) is 5.75 Å². The minimum Gasteiger partial charge on any atom is -0.497 e. The van der Waals surface area contributed by atoms with Gasteiger partial charge in [0, 0.05) is 16.5 Å². The summed E-state index contributed by atoms with van der Waals surface area (Å²) in [5.41, 5.74) is 0.938. The third-order valence-corrected chi connectivity index (χ3v) is 4.83. The number of thiophene rings is 1. The van der Waals surface area contributed by atoms with E-state index >= 15 is 0 Å². The largest absolute Gasteiger partial charge is 0.497 e. The van der Waals surface area contributed by atoms with Gasteiger partial charge >= 0.3 is 0 Å². The minimum atomic E-state index is 0.187. The van der Waals surface area contributed by atoms with Gasteiger partial charge in [0.05, 0.1) is 13.7 Å². The highest BCUT2D eigenvalue weighted by atomic mass is 32.1. The number of rotatable bonds is 5. The van der Waals surface area contributed by atoms with Crippen molar-refractivity contribution in [1.29, 1.82) is 0 Å². The van der Waals surface area contributed by atoms with Crippen molar-refractivity contribution < 1.29 is 9.53 Å². The van der Waals surface area contributed by atoms with E-state index in [4.69, 9.17) is 4.74 Å². The lowest BCUT2D eigenvalue weighted by Gasteiger charge is -2.23. The van der Waals surface area contributed by atoms with Gasteiger partial charge in [-0.15, -0.1) is 11.3 Å². The van der Waals surface area contributed by atoms with Gasteiger partial charge in [-0.25, -0.2) is 0 Å². The molecule has 1 saturated carbocycles. The molecule has 1 aromatic heterocycles. The second-order valence-corrected chi connectivity index (χ2v) is 6.55. The fourth-order valence-electron chi connectivity index (χ4n) is 2.48. The number of carbonyl (C=O) groups excluding carboxylic acids is 1.